The zero-order chi connectivity index (χ0) is 50.5. The molecule has 0 bridgehead atoms. The van der Waals surface area contributed by atoms with Crippen molar-refractivity contribution >= 4 is 63.7 Å². The Kier molecular flexibility index (Phi) is 11.4. The van der Waals surface area contributed by atoms with Gasteiger partial charge in [0, 0.05) is 72.1 Å². The molecule has 2 heterocycles. The van der Waals surface area contributed by atoms with Gasteiger partial charge in [0.1, 0.15) is 0 Å². The maximum atomic E-state index is 2.51. The van der Waals surface area contributed by atoms with Crippen molar-refractivity contribution < 1.29 is 0 Å². The first kappa shape index (κ1) is 45.5. The van der Waals surface area contributed by atoms with Gasteiger partial charge in [0.2, 0.25) is 0 Å². The highest BCUT2D eigenvalue weighted by Gasteiger charge is 2.37. The van der Waals surface area contributed by atoms with E-state index in [1.165, 1.54) is 88.4 Å². The summed E-state index contributed by atoms with van der Waals surface area (Å²) in [6.07, 6.45) is 0. The van der Waals surface area contributed by atoms with Crippen LogP contribution in [0.5, 0.6) is 0 Å². The average Bonchev–Trinajstić information content (AvgIpc) is 4.20. The van der Waals surface area contributed by atoms with Crippen LogP contribution >= 0.6 is 20.1 Å². The number of nitrogens with zero attached hydrogens (tertiary/aromatic N) is 2. The molecule has 0 saturated heterocycles. The second kappa shape index (κ2) is 19.0. The van der Waals surface area contributed by atoms with Gasteiger partial charge in [-0.25, -0.2) is 0 Å². The van der Waals surface area contributed by atoms with E-state index >= 15 is 0 Å². The Morgan fingerprint density at radius 3 is 1.16 bits per heavy atom. The third-order valence-corrected chi connectivity index (χ3v) is 23.0. The summed E-state index contributed by atoms with van der Waals surface area (Å²) in [4.78, 5) is 10.4. The van der Waals surface area contributed by atoms with Crippen LogP contribution in [-0.4, -0.2) is 9.13 Å². The minimum absolute atomic E-state index is 1.13. The van der Waals surface area contributed by atoms with Crippen molar-refractivity contribution in [3.8, 4) is 22.5 Å². The van der Waals surface area contributed by atoms with Crippen molar-refractivity contribution in [2.75, 3.05) is 0 Å². The topological polar surface area (TPSA) is 9.86 Å². The zero-order valence-electron chi connectivity index (χ0n) is 41.7. The molecule has 0 saturated carbocycles. The molecule has 0 amide bonds. The summed E-state index contributed by atoms with van der Waals surface area (Å²) in [5.41, 5.74) is 9.38. The van der Waals surface area contributed by atoms with Crippen LogP contribution in [0.1, 0.15) is 0 Å². The zero-order valence-corrected chi connectivity index (χ0v) is 43.4. The molecule has 14 aromatic rings. The second-order valence-corrected chi connectivity index (χ2v) is 25.4. The number of benzene rings is 12. The summed E-state index contributed by atoms with van der Waals surface area (Å²) < 4.78 is 4.99. The van der Waals surface area contributed by atoms with E-state index in [0.29, 0.717) is 0 Å². The molecule has 0 aliphatic carbocycles. The maximum absolute atomic E-state index is 2.51. The van der Waals surface area contributed by atoms with Crippen LogP contribution in [-0.2, 0) is 0 Å². The normalized spacial score (nSPS) is 12.4. The lowest BCUT2D eigenvalue weighted by Gasteiger charge is -2.42. The molecule has 0 aliphatic rings. The molecule has 76 heavy (non-hydrogen) atoms. The summed E-state index contributed by atoms with van der Waals surface area (Å²) in [5.74, 6) is 0. The highest BCUT2D eigenvalue weighted by atomic mass is 32.3. The van der Waals surface area contributed by atoms with E-state index in [4.69, 9.17) is 0 Å². The number of para-hydroxylation sites is 2. The van der Waals surface area contributed by atoms with Gasteiger partial charge in [-0.15, -0.1) is 20.1 Å². The molecule has 362 valence electrons. The highest BCUT2D eigenvalue weighted by molar-refractivity contribution is 8.34. The first-order valence-corrected chi connectivity index (χ1v) is 29.2. The molecular formula is C72H52N2S2. The number of aromatic nitrogens is 2. The highest BCUT2D eigenvalue weighted by Crippen LogP contribution is 2.75. The van der Waals surface area contributed by atoms with Gasteiger partial charge in [-0.1, -0.05) is 182 Å². The average molecular weight is 1010 g/mol. The van der Waals surface area contributed by atoms with Gasteiger partial charge in [-0.2, -0.15) is 0 Å². The van der Waals surface area contributed by atoms with E-state index in [1.54, 1.807) is 0 Å². The van der Waals surface area contributed by atoms with E-state index in [2.05, 4.69) is 325 Å². The lowest BCUT2D eigenvalue weighted by atomic mass is 10.1. The van der Waals surface area contributed by atoms with Crippen molar-refractivity contribution in [3.05, 3.63) is 315 Å². The number of hydrogen-bond acceptors (Lipinski definition) is 0. The Labute approximate surface area is 447 Å². The Morgan fingerprint density at radius 1 is 0.211 bits per heavy atom. The molecular weight excluding hydrogens is 957 g/mol. The van der Waals surface area contributed by atoms with E-state index in [0.717, 1.165) is 16.9 Å². The molecule has 12 aromatic carbocycles. The van der Waals surface area contributed by atoms with Gasteiger partial charge in [0.05, 0.1) is 22.1 Å². The summed E-state index contributed by atoms with van der Waals surface area (Å²) in [7, 11) is -3.98. The van der Waals surface area contributed by atoms with Crippen LogP contribution < -0.4 is 0 Å². The van der Waals surface area contributed by atoms with E-state index < -0.39 is 20.1 Å². The molecule has 0 radical (unpaired) electrons. The molecule has 0 N–H and O–H groups in total. The fourth-order valence-electron chi connectivity index (χ4n) is 11.9. The summed E-state index contributed by atoms with van der Waals surface area (Å²) >= 11 is 0. The second-order valence-electron chi connectivity index (χ2n) is 19.2. The largest absolute Gasteiger partial charge is 0.309 e. The summed E-state index contributed by atoms with van der Waals surface area (Å²) in [5, 5.41) is 4.94. The van der Waals surface area contributed by atoms with Gasteiger partial charge in [0.15, 0.2) is 0 Å². The van der Waals surface area contributed by atoms with Gasteiger partial charge < -0.3 is 9.13 Å². The van der Waals surface area contributed by atoms with Gasteiger partial charge in [-0.05, 0) is 145 Å². The Morgan fingerprint density at radius 2 is 0.592 bits per heavy atom. The van der Waals surface area contributed by atoms with Crippen molar-refractivity contribution in [1.82, 2.24) is 9.13 Å². The number of hydrogen-bond donors (Lipinski definition) is 0. The Balaban J connectivity index is 0.982. The van der Waals surface area contributed by atoms with Crippen LogP contribution in [0.3, 0.4) is 0 Å². The van der Waals surface area contributed by atoms with Crippen LogP contribution in [0.25, 0.3) is 66.1 Å². The Bertz CT molecular complexity index is 4230. The fourth-order valence-corrected chi connectivity index (χ4v) is 19.9. The predicted octanol–water partition coefficient (Wildman–Crippen LogP) is 20.2. The monoisotopic (exact) mass is 1010 g/mol. The number of rotatable bonds is 11. The first-order chi connectivity index (χ1) is 37.7. The lowest BCUT2D eigenvalue weighted by molar-refractivity contribution is 1.14. The standard InChI is InChI=1S/C72H52N2S2/c1-7-25-53(26-8-1)54-45-48-62(49-46-54)75(57-28-9-2-10-29-57,58-30-11-3-12-31-58)63-38-23-27-55(51-63)73-67-41-21-19-39-64(67)66-52-56(47-50-69(66)73)74-68-42-22-20-40-65(68)72-70(74)43-24-44-71(72)76(59-32-13-4-14-33-59,60-34-15-5-16-35-60)61-36-17-6-18-37-61/h1-52H. The van der Waals surface area contributed by atoms with E-state index in [1.807, 2.05) is 0 Å². The number of fused-ring (bicyclic) bond motifs is 6. The fraction of sp³-hybridized carbons (Fsp3) is 0. The predicted molar refractivity (Wildman–Crippen MR) is 321 cm³/mol. The van der Waals surface area contributed by atoms with Gasteiger partial charge in [0.25, 0.3) is 0 Å². The van der Waals surface area contributed by atoms with Crippen molar-refractivity contribution in [1.29, 1.82) is 0 Å². The van der Waals surface area contributed by atoms with Crippen LogP contribution in [0, 0.1) is 0 Å². The molecule has 14 rings (SSSR count). The summed E-state index contributed by atoms with van der Waals surface area (Å²) in [6.45, 7) is 0. The lowest BCUT2D eigenvalue weighted by Crippen LogP contribution is -2.06. The molecule has 0 spiro atoms. The van der Waals surface area contributed by atoms with Crippen molar-refractivity contribution in [2.45, 2.75) is 39.2 Å². The van der Waals surface area contributed by atoms with Crippen LogP contribution in [0.2, 0.25) is 0 Å². The van der Waals surface area contributed by atoms with Crippen molar-refractivity contribution in [3.63, 3.8) is 0 Å². The minimum atomic E-state index is -1.99. The molecule has 0 fully saturated rings. The SMILES string of the molecule is c1ccc(-c2ccc(S(c3ccccc3)(c3ccccc3)c3cccc(-n4c5ccccc5c5cc(-n6c7ccccc7c7c(S(c8ccccc8)(c8ccccc8)c8ccccc8)cccc76)ccc54)c3)cc2)cc1. The first-order valence-electron chi connectivity index (χ1n) is 26.0. The smallest absolute Gasteiger partial charge is 0.0552 e. The third-order valence-electron chi connectivity index (χ3n) is 15.1. The molecule has 4 heteroatoms. The van der Waals surface area contributed by atoms with Gasteiger partial charge >= 0.3 is 0 Å². The van der Waals surface area contributed by atoms with E-state index in [-0.39, 0.29) is 0 Å². The molecule has 0 unspecified atom stereocenters. The summed E-state index contributed by atoms with van der Waals surface area (Å²) in [6, 6.07) is 117. The molecule has 0 aliphatic heterocycles. The van der Waals surface area contributed by atoms with Crippen LogP contribution in [0.15, 0.2) is 355 Å². The molecule has 2 aromatic heterocycles. The maximum Gasteiger partial charge on any atom is 0.0552 e. The van der Waals surface area contributed by atoms with E-state index in [9.17, 15) is 0 Å². The minimum Gasteiger partial charge on any atom is -0.309 e. The quantitative estimate of drug-likeness (QED) is 0.122. The molecule has 2 nitrogen and oxygen atoms in total. The molecule has 0 atom stereocenters. The van der Waals surface area contributed by atoms with Crippen LogP contribution in [0.4, 0.5) is 0 Å². The Hall–Kier alpha value is -9.06. The van der Waals surface area contributed by atoms with Crippen molar-refractivity contribution in [2.24, 2.45) is 0 Å². The van der Waals surface area contributed by atoms with Gasteiger partial charge in [-0.3, -0.25) is 0 Å². The third kappa shape index (κ3) is 7.21.